The zero-order chi connectivity index (χ0) is 15.9. The average Bonchev–Trinajstić information content (AvgIpc) is 3.06. The van der Waals surface area contributed by atoms with Gasteiger partial charge in [-0.2, -0.15) is 0 Å². The van der Waals surface area contributed by atoms with E-state index in [0.29, 0.717) is 12.3 Å². The Hall–Kier alpha value is -2.27. The summed E-state index contributed by atoms with van der Waals surface area (Å²) >= 11 is 1.60. The first kappa shape index (κ1) is 16.1. The molecule has 0 fully saturated rings. The number of carbonyl (C=O) groups is 1. The Morgan fingerprint density at radius 1 is 1.27 bits per heavy atom. The molecule has 0 saturated heterocycles. The number of hydrogen-bond donors (Lipinski definition) is 0. The van der Waals surface area contributed by atoms with Gasteiger partial charge in [0.1, 0.15) is 11.5 Å². The molecular weight excluding hydrogens is 298 g/mol. The van der Waals surface area contributed by atoms with Crippen molar-refractivity contribution in [2.45, 2.75) is 6.54 Å². The molecule has 4 nitrogen and oxygen atoms in total. The molecule has 2 rings (SSSR count). The number of likely N-dealkylation sites (N-methyl/N-ethyl adjacent to an activating group) is 1. The van der Waals surface area contributed by atoms with Crippen molar-refractivity contribution >= 4 is 23.3 Å². The van der Waals surface area contributed by atoms with Gasteiger partial charge in [0.25, 0.3) is 0 Å². The van der Waals surface area contributed by atoms with E-state index in [0.717, 1.165) is 16.2 Å². The summed E-state index contributed by atoms with van der Waals surface area (Å²) in [7, 11) is 4.99. The van der Waals surface area contributed by atoms with E-state index in [4.69, 9.17) is 9.47 Å². The number of amides is 1. The van der Waals surface area contributed by atoms with Crippen LogP contribution in [-0.2, 0) is 11.3 Å². The van der Waals surface area contributed by atoms with Crippen LogP contribution in [0.3, 0.4) is 0 Å². The largest absolute Gasteiger partial charge is 0.497 e. The van der Waals surface area contributed by atoms with Crippen molar-refractivity contribution in [3.63, 3.8) is 0 Å². The second-order valence-electron chi connectivity index (χ2n) is 4.72. The van der Waals surface area contributed by atoms with Crippen LogP contribution in [0.2, 0.25) is 0 Å². The van der Waals surface area contributed by atoms with Gasteiger partial charge < -0.3 is 14.4 Å². The minimum atomic E-state index is -0.0497. The standard InChI is InChI=1S/C17H19NO3S/c1-18(17(19)9-8-15-5-4-10-22-15)12-13-6-7-14(20-2)11-16(13)21-3/h4-11H,12H2,1-3H3. The normalized spacial score (nSPS) is 10.7. The zero-order valence-electron chi connectivity index (χ0n) is 12.9. The third kappa shape index (κ3) is 4.11. The second-order valence-corrected chi connectivity index (χ2v) is 5.70. The fraction of sp³-hybridized carbons (Fsp3) is 0.235. The number of thiophene rings is 1. The Morgan fingerprint density at radius 3 is 2.73 bits per heavy atom. The van der Waals surface area contributed by atoms with E-state index in [1.54, 1.807) is 43.6 Å². The summed E-state index contributed by atoms with van der Waals surface area (Å²) in [5.74, 6) is 1.39. The Morgan fingerprint density at radius 2 is 2.09 bits per heavy atom. The van der Waals surface area contributed by atoms with E-state index >= 15 is 0 Å². The molecule has 1 heterocycles. The van der Waals surface area contributed by atoms with Gasteiger partial charge >= 0.3 is 0 Å². The predicted octanol–water partition coefficient (Wildman–Crippen LogP) is 3.44. The maximum absolute atomic E-state index is 12.1. The predicted molar refractivity (Wildman–Crippen MR) is 89.4 cm³/mol. The van der Waals surface area contributed by atoms with Crippen molar-refractivity contribution in [2.75, 3.05) is 21.3 Å². The lowest BCUT2D eigenvalue weighted by Crippen LogP contribution is -2.24. The van der Waals surface area contributed by atoms with E-state index in [1.807, 2.05) is 41.8 Å². The minimum Gasteiger partial charge on any atom is -0.497 e. The summed E-state index contributed by atoms with van der Waals surface area (Å²) in [6.07, 6.45) is 3.41. The molecule has 1 aromatic heterocycles. The molecule has 0 N–H and O–H groups in total. The van der Waals surface area contributed by atoms with Crippen molar-refractivity contribution in [2.24, 2.45) is 0 Å². The van der Waals surface area contributed by atoms with Crippen LogP contribution < -0.4 is 9.47 Å². The molecule has 22 heavy (non-hydrogen) atoms. The van der Waals surface area contributed by atoms with E-state index in [-0.39, 0.29) is 5.91 Å². The van der Waals surface area contributed by atoms with Crippen LogP contribution in [0.5, 0.6) is 11.5 Å². The highest BCUT2D eigenvalue weighted by molar-refractivity contribution is 7.10. The quantitative estimate of drug-likeness (QED) is 0.766. The van der Waals surface area contributed by atoms with E-state index < -0.39 is 0 Å². The van der Waals surface area contributed by atoms with Gasteiger partial charge in [0.15, 0.2) is 0 Å². The van der Waals surface area contributed by atoms with Gasteiger partial charge in [-0.05, 0) is 29.7 Å². The Kier molecular flexibility index (Phi) is 5.61. The van der Waals surface area contributed by atoms with Crippen LogP contribution in [0.4, 0.5) is 0 Å². The smallest absolute Gasteiger partial charge is 0.246 e. The number of ether oxygens (including phenoxy) is 2. The molecular formula is C17H19NO3S. The first-order valence-corrected chi connectivity index (χ1v) is 7.69. The molecule has 1 aromatic carbocycles. The van der Waals surface area contributed by atoms with Gasteiger partial charge in [-0.3, -0.25) is 4.79 Å². The first-order chi connectivity index (χ1) is 10.6. The highest BCUT2D eigenvalue weighted by Crippen LogP contribution is 2.25. The third-order valence-electron chi connectivity index (χ3n) is 3.21. The topological polar surface area (TPSA) is 38.8 Å². The summed E-state index contributed by atoms with van der Waals surface area (Å²) in [6, 6.07) is 9.51. The highest BCUT2D eigenvalue weighted by Gasteiger charge is 2.11. The van der Waals surface area contributed by atoms with Crippen LogP contribution in [-0.4, -0.2) is 32.1 Å². The molecule has 2 aromatic rings. The van der Waals surface area contributed by atoms with Gasteiger partial charge in [0, 0.05) is 36.2 Å². The molecule has 0 saturated carbocycles. The summed E-state index contributed by atoms with van der Waals surface area (Å²) in [6.45, 7) is 0.473. The molecule has 0 aliphatic rings. The average molecular weight is 317 g/mol. The van der Waals surface area contributed by atoms with Gasteiger partial charge in [-0.25, -0.2) is 0 Å². The Bertz CT molecular complexity index is 650. The van der Waals surface area contributed by atoms with Crippen molar-refractivity contribution in [3.8, 4) is 11.5 Å². The van der Waals surface area contributed by atoms with Crippen molar-refractivity contribution < 1.29 is 14.3 Å². The summed E-state index contributed by atoms with van der Waals surface area (Å²) in [5.41, 5.74) is 0.934. The van der Waals surface area contributed by atoms with E-state index in [9.17, 15) is 4.79 Å². The van der Waals surface area contributed by atoms with Crippen molar-refractivity contribution in [1.29, 1.82) is 0 Å². The van der Waals surface area contributed by atoms with Crippen LogP contribution in [0, 0.1) is 0 Å². The maximum atomic E-state index is 12.1. The van der Waals surface area contributed by atoms with Crippen LogP contribution >= 0.6 is 11.3 Å². The number of benzene rings is 1. The summed E-state index contributed by atoms with van der Waals surface area (Å²) < 4.78 is 10.5. The molecule has 5 heteroatoms. The number of hydrogen-bond acceptors (Lipinski definition) is 4. The lowest BCUT2D eigenvalue weighted by Gasteiger charge is -2.17. The number of nitrogens with zero attached hydrogens (tertiary/aromatic N) is 1. The molecule has 1 amide bonds. The van der Waals surface area contributed by atoms with E-state index in [1.165, 1.54) is 0 Å². The van der Waals surface area contributed by atoms with Crippen LogP contribution in [0.25, 0.3) is 6.08 Å². The third-order valence-corrected chi connectivity index (χ3v) is 4.05. The van der Waals surface area contributed by atoms with E-state index in [2.05, 4.69) is 0 Å². The number of carbonyl (C=O) groups excluding carboxylic acids is 1. The molecule has 0 aliphatic heterocycles. The Labute approximate surface area is 134 Å². The van der Waals surface area contributed by atoms with Gasteiger partial charge in [0.05, 0.1) is 14.2 Å². The summed E-state index contributed by atoms with van der Waals surface area (Å²) in [4.78, 5) is 14.8. The minimum absolute atomic E-state index is 0.0497. The zero-order valence-corrected chi connectivity index (χ0v) is 13.7. The molecule has 0 bridgehead atoms. The first-order valence-electron chi connectivity index (χ1n) is 6.81. The van der Waals surface area contributed by atoms with Gasteiger partial charge in [-0.15, -0.1) is 11.3 Å². The van der Waals surface area contributed by atoms with Gasteiger partial charge in [-0.1, -0.05) is 6.07 Å². The molecule has 0 unspecified atom stereocenters. The monoisotopic (exact) mass is 317 g/mol. The number of methoxy groups -OCH3 is 2. The fourth-order valence-electron chi connectivity index (χ4n) is 1.98. The lowest BCUT2D eigenvalue weighted by atomic mass is 10.1. The maximum Gasteiger partial charge on any atom is 0.246 e. The molecule has 116 valence electrons. The highest BCUT2D eigenvalue weighted by atomic mass is 32.1. The van der Waals surface area contributed by atoms with Crippen molar-refractivity contribution in [3.05, 3.63) is 52.2 Å². The summed E-state index contributed by atoms with van der Waals surface area (Å²) in [5, 5.41) is 1.98. The number of rotatable bonds is 6. The Balaban J connectivity index is 2.04. The van der Waals surface area contributed by atoms with Crippen LogP contribution in [0.1, 0.15) is 10.4 Å². The lowest BCUT2D eigenvalue weighted by molar-refractivity contribution is -0.125. The molecule has 0 aliphatic carbocycles. The van der Waals surface area contributed by atoms with Crippen LogP contribution in [0.15, 0.2) is 41.8 Å². The van der Waals surface area contributed by atoms with Crippen molar-refractivity contribution in [1.82, 2.24) is 4.90 Å². The van der Waals surface area contributed by atoms with Gasteiger partial charge in [0.2, 0.25) is 5.91 Å². The fourth-order valence-corrected chi connectivity index (χ4v) is 2.60. The molecule has 0 atom stereocenters. The molecule has 0 spiro atoms. The molecule has 0 radical (unpaired) electrons. The second kappa shape index (κ2) is 7.66. The SMILES string of the molecule is COc1ccc(CN(C)C(=O)C=Cc2cccs2)c(OC)c1.